The van der Waals surface area contributed by atoms with Crippen molar-refractivity contribution in [2.24, 2.45) is 0 Å². The van der Waals surface area contributed by atoms with Crippen LogP contribution in [-0.4, -0.2) is 59.2 Å². The third-order valence-corrected chi connectivity index (χ3v) is 7.83. The van der Waals surface area contributed by atoms with Crippen molar-refractivity contribution >= 4 is 29.8 Å². The average molecular weight is 641 g/mol. The van der Waals surface area contributed by atoms with Crippen molar-refractivity contribution in [2.45, 2.75) is 12.3 Å². The van der Waals surface area contributed by atoms with Crippen LogP contribution in [0.2, 0.25) is 0 Å². The summed E-state index contributed by atoms with van der Waals surface area (Å²) in [6.45, 7) is 0. The van der Waals surface area contributed by atoms with Gasteiger partial charge in [0.05, 0.1) is 64.6 Å². The molecule has 0 radical (unpaired) electrons. The highest BCUT2D eigenvalue weighted by atomic mass is 16.5. The van der Waals surface area contributed by atoms with Gasteiger partial charge in [0.2, 0.25) is 5.78 Å². The molecule has 0 N–H and O–H groups in total. The number of rotatable bonds is 8. The summed E-state index contributed by atoms with van der Waals surface area (Å²) in [5.41, 5.74) is 1.87. The number of Topliss-reactive ketones (excluding diaryl/α,β-unsaturated/α-hetero) is 1. The maximum absolute atomic E-state index is 13.6. The highest BCUT2D eigenvalue weighted by molar-refractivity contribution is 6.15. The van der Waals surface area contributed by atoms with Crippen LogP contribution < -0.4 is 23.7 Å². The first-order chi connectivity index (χ1) is 22.7. The van der Waals surface area contributed by atoms with Crippen molar-refractivity contribution in [1.82, 2.24) is 0 Å². The summed E-state index contributed by atoms with van der Waals surface area (Å²) in [6, 6.07) is 14.1. The zero-order valence-electron chi connectivity index (χ0n) is 26.0. The second-order valence-electron chi connectivity index (χ2n) is 10.5. The molecule has 0 spiro atoms. The summed E-state index contributed by atoms with van der Waals surface area (Å²) >= 11 is 0. The van der Waals surface area contributed by atoms with Gasteiger partial charge in [-0.3, -0.25) is 9.59 Å². The Morgan fingerprint density at radius 3 is 2.06 bits per heavy atom. The van der Waals surface area contributed by atoms with Crippen LogP contribution in [0.3, 0.4) is 0 Å². The Kier molecular flexibility index (Phi) is 8.16. The van der Waals surface area contributed by atoms with Gasteiger partial charge in [-0.15, -0.1) is 0 Å². The van der Waals surface area contributed by atoms with Gasteiger partial charge in [0.25, 0.3) is 0 Å². The molecular formula is C35H28O12. The molecule has 12 heteroatoms. The van der Waals surface area contributed by atoms with Gasteiger partial charge in [-0.25, -0.2) is 9.59 Å². The van der Waals surface area contributed by atoms with Gasteiger partial charge in [-0.1, -0.05) is 0 Å². The van der Waals surface area contributed by atoms with E-state index >= 15 is 0 Å². The van der Waals surface area contributed by atoms with E-state index in [9.17, 15) is 19.2 Å². The van der Waals surface area contributed by atoms with Crippen LogP contribution in [0.1, 0.15) is 60.3 Å². The molecule has 4 aromatic rings. The molecule has 2 aliphatic rings. The third-order valence-electron chi connectivity index (χ3n) is 7.83. The fourth-order valence-corrected chi connectivity index (χ4v) is 5.59. The van der Waals surface area contributed by atoms with E-state index in [1.807, 2.05) is 0 Å². The summed E-state index contributed by atoms with van der Waals surface area (Å²) in [7, 11) is 6.95. The summed E-state index contributed by atoms with van der Waals surface area (Å²) in [5, 5.41) is 0. The molecule has 0 bridgehead atoms. The van der Waals surface area contributed by atoms with Gasteiger partial charge < -0.3 is 37.6 Å². The van der Waals surface area contributed by atoms with E-state index in [0.717, 1.165) is 0 Å². The van der Waals surface area contributed by atoms with E-state index in [0.29, 0.717) is 45.5 Å². The predicted octanol–water partition coefficient (Wildman–Crippen LogP) is 5.60. The van der Waals surface area contributed by atoms with Gasteiger partial charge in [-0.05, 0) is 54.6 Å². The molecule has 12 nitrogen and oxygen atoms in total. The molecular weight excluding hydrogens is 612 g/mol. The monoisotopic (exact) mass is 640 g/mol. The van der Waals surface area contributed by atoms with Crippen molar-refractivity contribution in [1.29, 1.82) is 0 Å². The van der Waals surface area contributed by atoms with Crippen molar-refractivity contribution in [3.05, 3.63) is 93.9 Å². The first-order valence-corrected chi connectivity index (χ1v) is 14.2. The number of hydrogen-bond donors (Lipinski definition) is 0. The molecule has 0 saturated carbocycles. The standard InChI is InChI=1S/C35H28O12/c1-40-26-16-28(42-3)27(41-2)13-18(26)14-29-32(37)21-6-7-25-31(33(21)47-29)22(15-30(36)46-25)24-9-8-23(45-24)17-10-19(34(38)43-4)12-20(11-17)35(39)44-5/h6-14,16,22H,15H2,1-5H3. The van der Waals surface area contributed by atoms with E-state index < -0.39 is 23.8 Å². The topological polar surface area (TPSA) is 146 Å². The summed E-state index contributed by atoms with van der Waals surface area (Å²) < 4.78 is 43.9. The first-order valence-electron chi connectivity index (χ1n) is 14.2. The minimum atomic E-state index is -0.693. The number of carbonyl (C=O) groups excluding carboxylic acids is 4. The molecule has 1 atom stereocenters. The molecule has 0 saturated heterocycles. The molecule has 3 aromatic carbocycles. The van der Waals surface area contributed by atoms with E-state index in [2.05, 4.69) is 0 Å². The summed E-state index contributed by atoms with van der Waals surface area (Å²) in [5.74, 6) is -0.444. The van der Waals surface area contributed by atoms with Crippen molar-refractivity contribution < 1.29 is 56.8 Å². The average Bonchev–Trinajstić information content (AvgIpc) is 3.71. The maximum atomic E-state index is 13.6. The zero-order valence-corrected chi connectivity index (χ0v) is 26.0. The highest BCUT2D eigenvalue weighted by Gasteiger charge is 2.40. The van der Waals surface area contributed by atoms with Crippen LogP contribution in [0.5, 0.6) is 28.7 Å². The van der Waals surface area contributed by atoms with Crippen LogP contribution in [0.4, 0.5) is 0 Å². The van der Waals surface area contributed by atoms with Crippen LogP contribution in [0.25, 0.3) is 17.4 Å². The van der Waals surface area contributed by atoms with Gasteiger partial charge in [0, 0.05) is 22.8 Å². The molecule has 3 heterocycles. The van der Waals surface area contributed by atoms with Crippen LogP contribution in [0, 0.1) is 0 Å². The lowest BCUT2D eigenvalue weighted by atomic mass is 9.88. The number of carbonyl (C=O) groups is 4. The van der Waals surface area contributed by atoms with E-state index in [4.69, 9.17) is 37.6 Å². The fraction of sp³-hybridized carbons (Fsp3) is 0.200. The van der Waals surface area contributed by atoms with Crippen LogP contribution >= 0.6 is 0 Å². The quantitative estimate of drug-likeness (QED) is 0.134. The van der Waals surface area contributed by atoms with Gasteiger partial charge >= 0.3 is 17.9 Å². The summed E-state index contributed by atoms with van der Waals surface area (Å²) in [6.07, 6.45) is 1.43. The lowest BCUT2D eigenvalue weighted by Crippen LogP contribution is -2.21. The number of methoxy groups -OCH3 is 5. The number of furan rings is 1. The second kappa shape index (κ2) is 12.4. The maximum Gasteiger partial charge on any atom is 0.337 e. The van der Waals surface area contributed by atoms with E-state index in [1.54, 1.807) is 36.4 Å². The molecule has 1 aromatic heterocycles. The predicted molar refractivity (Wildman–Crippen MR) is 164 cm³/mol. The van der Waals surface area contributed by atoms with Gasteiger partial charge in [-0.2, -0.15) is 0 Å². The third kappa shape index (κ3) is 5.54. The SMILES string of the molecule is COC(=O)c1cc(C(=O)OC)cc(-c2ccc(C3CC(=O)Oc4ccc5c(c43)OC(=Cc3cc(OC)c(OC)cc3OC)C5=O)o2)c1. The molecule has 6 rings (SSSR count). The molecule has 0 amide bonds. The van der Waals surface area contributed by atoms with E-state index in [-0.39, 0.29) is 46.2 Å². The van der Waals surface area contributed by atoms with Crippen LogP contribution in [0.15, 0.2) is 64.8 Å². The Hall–Kier alpha value is -6.04. The lowest BCUT2D eigenvalue weighted by Gasteiger charge is -2.24. The highest BCUT2D eigenvalue weighted by Crippen LogP contribution is 2.50. The van der Waals surface area contributed by atoms with Gasteiger partial charge in [0.15, 0.2) is 17.3 Å². The molecule has 0 fully saturated rings. The Balaban J connectivity index is 1.41. The van der Waals surface area contributed by atoms with Gasteiger partial charge in [0.1, 0.15) is 28.8 Å². The van der Waals surface area contributed by atoms with E-state index in [1.165, 1.54) is 59.8 Å². The van der Waals surface area contributed by atoms with Crippen molar-refractivity contribution in [3.63, 3.8) is 0 Å². The van der Waals surface area contributed by atoms with Crippen LogP contribution in [-0.2, 0) is 14.3 Å². The smallest absolute Gasteiger partial charge is 0.337 e. The summed E-state index contributed by atoms with van der Waals surface area (Å²) in [4.78, 5) is 51.0. The molecule has 0 aliphatic carbocycles. The molecule has 2 aliphatic heterocycles. The number of esters is 3. The number of allylic oxidation sites excluding steroid dienone is 1. The number of benzene rings is 3. The second-order valence-corrected chi connectivity index (χ2v) is 10.5. The molecule has 47 heavy (non-hydrogen) atoms. The Bertz CT molecular complexity index is 1950. The Labute approximate surface area is 268 Å². The largest absolute Gasteiger partial charge is 0.496 e. The first kappa shape index (κ1) is 31.0. The zero-order chi connectivity index (χ0) is 33.4. The Morgan fingerprint density at radius 2 is 1.43 bits per heavy atom. The number of fused-ring (bicyclic) bond motifs is 3. The number of hydrogen-bond acceptors (Lipinski definition) is 12. The van der Waals surface area contributed by atoms with Crippen molar-refractivity contribution in [3.8, 4) is 40.1 Å². The lowest BCUT2D eigenvalue weighted by molar-refractivity contribution is -0.135. The normalized spacial score (nSPS) is 15.7. The fourth-order valence-electron chi connectivity index (χ4n) is 5.59. The minimum Gasteiger partial charge on any atom is -0.496 e. The molecule has 1 unspecified atom stereocenters. The van der Waals surface area contributed by atoms with Crippen molar-refractivity contribution in [2.75, 3.05) is 35.5 Å². The number of ether oxygens (including phenoxy) is 7. The Morgan fingerprint density at radius 1 is 0.766 bits per heavy atom. The number of ketones is 1. The minimum absolute atomic E-state index is 0.0182. The molecule has 240 valence electrons.